The van der Waals surface area contributed by atoms with Gasteiger partial charge in [-0.05, 0) is 24.3 Å². The summed E-state index contributed by atoms with van der Waals surface area (Å²) in [5.41, 5.74) is 0.448. The first-order chi connectivity index (χ1) is 8.47. The predicted octanol–water partition coefficient (Wildman–Crippen LogP) is 0.309. The number of amides is 1. The van der Waals surface area contributed by atoms with Crippen LogP contribution in [-0.2, 0) is 10.0 Å². The van der Waals surface area contributed by atoms with Crippen LogP contribution in [-0.4, -0.2) is 24.3 Å². The van der Waals surface area contributed by atoms with Crippen molar-refractivity contribution in [2.24, 2.45) is 5.14 Å². The largest absolute Gasteiger partial charge is 0.341 e. The van der Waals surface area contributed by atoms with E-state index < -0.39 is 15.9 Å². The van der Waals surface area contributed by atoms with Gasteiger partial charge < -0.3 is 10.3 Å². The molecule has 0 aliphatic heterocycles. The fourth-order valence-corrected chi connectivity index (χ4v) is 1.82. The van der Waals surface area contributed by atoms with Crippen molar-refractivity contribution in [1.82, 2.24) is 9.97 Å². The van der Waals surface area contributed by atoms with Gasteiger partial charge in [-0.15, -0.1) is 0 Å². The lowest BCUT2D eigenvalue weighted by Gasteiger charge is -2.04. The second kappa shape index (κ2) is 4.59. The second-order valence-electron chi connectivity index (χ2n) is 3.46. The van der Waals surface area contributed by atoms with Crippen LogP contribution in [0.25, 0.3) is 0 Å². The third kappa shape index (κ3) is 2.73. The fourth-order valence-electron chi connectivity index (χ4n) is 1.31. The lowest BCUT2D eigenvalue weighted by atomic mass is 10.3. The Hall–Kier alpha value is -2.19. The summed E-state index contributed by atoms with van der Waals surface area (Å²) >= 11 is 0. The zero-order chi connectivity index (χ0) is 13.2. The Morgan fingerprint density at radius 1 is 1.28 bits per heavy atom. The molecule has 0 aliphatic carbocycles. The Labute approximate surface area is 103 Å². The number of carbonyl (C=O) groups is 1. The zero-order valence-electron chi connectivity index (χ0n) is 9.12. The molecule has 1 amide bonds. The number of hydrogen-bond donors (Lipinski definition) is 3. The molecular formula is C10H10N4O3S. The fraction of sp³-hybridized carbons (Fsp3) is 0. The highest BCUT2D eigenvalue weighted by Gasteiger charge is 2.10. The van der Waals surface area contributed by atoms with Crippen LogP contribution in [0, 0.1) is 0 Å². The van der Waals surface area contributed by atoms with Gasteiger partial charge in [-0.1, -0.05) is 0 Å². The quantitative estimate of drug-likeness (QED) is 0.740. The van der Waals surface area contributed by atoms with Crippen LogP contribution in [0.3, 0.4) is 0 Å². The number of aromatic amines is 1. The van der Waals surface area contributed by atoms with Crippen molar-refractivity contribution in [2.75, 3.05) is 5.32 Å². The first-order valence-corrected chi connectivity index (χ1v) is 6.45. The molecule has 8 heteroatoms. The molecule has 7 nitrogen and oxygen atoms in total. The van der Waals surface area contributed by atoms with E-state index in [2.05, 4.69) is 15.3 Å². The van der Waals surface area contributed by atoms with Crippen LogP contribution in [0.1, 0.15) is 10.6 Å². The summed E-state index contributed by atoms with van der Waals surface area (Å²) in [7, 11) is -3.72. The van der Waals surface area contributed by atoms with Crippen molar-refractivity contribution in [2.45, 2.75) is 4.90 Å². The molecule has 0 radical (unpaired) electrons. The Morgan fingerprint density at radius 2 is 1.94 bits per heavy atom. The van der Waals surface area contributed by atoms with E-state index in [9.17, 15) is 13.2 Å². The van der Waals surface area contributed by atoms with Gasteiger partial charge >= 0.3 is 0 Å². The first-order valence-electron chi connectivity index (χ1n) is 4.90. The zero-order valence-corrected chi connectivity index (χ0v) is 9.94. The molecule has 2 aromatic rings. The molecule has 94 valence electrons. The van der Waals surface area contributed by atoms with Crippen LogP contribution in [0.5, 0.6) is 0 Å². The maximum absolute atomic E-state index is 11.6. The minimum Gasteiger partial charge on any atom is -0.341 e. The molecule has 0 saturated heterocycles. The topological polar surface area (TPSA) is 118 Å². The van der Waals surface area contributed by atoms with E-state index in [4.69, 9.17) is 5.14 Å². The molecule has 0 spiro atoms. The van der Waals surface area contributed by atoms with E-state index in [1.807, 2.05) is 0 Å². The lowest BCUT2D eigenvalue weighted by molar-refractivity contribution is 0.101. The number of sulfonamides is 1. The van der Waals surface area contributed by atoms with E-state index in [0.717, 1.165) is 0 Å². The highest BCUT2D eigenvalue weighted by Crippen LogP contribution is 2.13. The van der Waals surface area contributed by atoms with Crippen LogP contribution in [0.15, 0.2) is 41.6 Å². The van der Waals surface area contributed by atoms with Crippen molar-refractivity contribution < 1.29 is 13.2 Å². The van der Waals surface area contributed by atoms with Crippen molar-refractivity contribution in [1.29, 1.82) is 0 Å². The third-order valence-electron chi connectivity index (χ3n) is 2.15. The maximum Gasteiger partial charge on any atom is 0.291 e. The van der Waals surface area contributed by atoms with Gasteiger partial charge in [0.15, 0.2) is 5.82 Å². The summed E-state index contributed by atoms with van der Waals surface area (Å²) in [5.74, 6) is -0.242. The minimum absolute atomic E-state index is 0.0153. The summed E-state index contributed by atoms with van der Waals surface area (Å²) in [6.07, 6.45) is 2.98. The summed E-state index contributed by atoms with van der Waals surface area (Å²) in [4.78, 5) is 18.0. The van der Waals surface area contributed by atoms with Gasteiger partial charge in [0.1, 0.15) is 0 Å². The van der Waals surface area contributed by atoms with Crippen molar-refractivity contribution >= 4 is 21.6 Å². The molecule has 2 rings (SSSR count). The smallest absolute Gasteiger partial charge is 0.291 e. The number of anilines is 1. The Balaban J connectivity index is 2.14. The highest BCUT2D eigenvalue weighted by atomic mass is 32.2. The Morgan fingerprint density at radius 3 is 2.44 bits per heavy atom. The van der Waals surface area contributed by atoms with E-state index in [1.54, 1.807) is 0 Å². The molecular weight excluding hydrogens is 256 g/mol. The number of nitrogens with one attached hydrogen (secondary N) is 2. The molecule has 0 aliphatic rings. The molecule has 0 atom stereocenters. The molecule has 1 aromatic heterocycles. The molecule has 4 N–H and O–H groups in total. The van der Waals surface area contributed by atoms with E-state index >= 15 is 0 Å². The van der Waals surface area contributed by atoms with Gasteiger partial charge in [-0.25, -0.2) is 18.5 Å². The number of H-pyrrole nitrogens is 1. The summed E-state index contributed by atoms with van der Waals surface area (Å²) in [6.45, 7) is 0. The number of imidazole rings is 1. The number of primary sulfonamides is 1. The van der Waals surface area contributed by atoms with Crippen LogP contribution in [0.2, 0.25) is 0 Å². The van der Waals surface area contributed by atoms with Gasteiger partial charge in [0.25, 0.3) is 5.91 Å². The summed E-state index contributed by atoms with van der Waals surface area (Å²) in [6, 6.07) is 5.52. The third-order valence-corrected chi connectivity index (χ3v) is 3.08. The second-order valence-corrected chi connectivity index (χ2v) is 5.02. The average molecular weight is 266 g/mol. The summed E-state index contributed by atoms with van der Waals surface area (Å²) in [5, 5.41) is 7.51. The SMILES string of the molecule is NS(=O)(=O)c1ccc(NC(=O)c2ncc[nH]2)cc1. The van der Waals surface area contributed by atoms with Crippen molar-refractivity contribution in [3.8, 4) is 0 Å². The number of carbonyl (C=O) groups excluding carboxylic acids is 1. The van der Waals surface area contributed by atoms with Crippen molar-refractivity contribution in [3.63, 3.8) is 0 Å². The average Bonchev–Trinajstić information content (AvgIpc) is 2.82. The molecule has 1 aromatic carbocycles. The molecule has 0 unspecified atom stereocenters. The molecule has 0 saturated carbocycles. The monoisotopic (exact) mass is 266 g/mol. The maximum atomic E-state index is 11.6. The number of benzene rings is 1. The number of aromatic nitrogens is 2. The number of nitrogens with two attached hydrogens (primary N) is 1. The Bertz CT molecular complexity index is 647. The normalized spacial score (nSPS) is 11.2. The minimum atomic E-state index is -3.72. The van der Waals surface area contributed by atoms with Crippen molar-refractivity contribution in [3.05, 3.63) is 42.5 Å². The number of rotatable bonds is 3. The van der Waals surface area contributed by atoms with Gasteiger partial charge in [0, 0.05) is 18.1 Å². The van der Waals surface area contributed by atoms with Crippen LogP contribution >= 0.6 is 0 Å². The molecule has 0 fully saturated rings. The first kappa shape index (κ1) is 12.3. The van der Waals surface area contributed by atoms with Gasteiger partial charge in [-0.2, -0.15) is 0 Å². The van der Waals surface area contributed by atoms with E-state index in [1.165, 1.54) is 36.7 Å². The van der Waals surface area contributed by atoms with Crippen LogP contribution in [0.4, 0.5) is 5.69 Å². The van der Waals surface area contributed by atoms with Gasteiger partial charge in [0.05, 0.1) is 4.90 Å². The predicted molar refractivity (Wildman–Crippen MR) is 64.4 cm³/mol. The van der Waals surface area contributed by atoms with Gasteiger partial charge in [0.2, 0.25) is 10.0 Å². The summed E-state index contributed by atoms with van der Waals surface area (Å²) < 4.78 is 22.1. The number of hydrogen-bond acceptors (Lipinski definition) is 4. The standard InChI is InChI=1S/C10H10N4O3S/c11-18(16,17)8-3-1-7(2-4-8)14-10(15)9-12-5-6-13-9/h1-6H,(H,12,13)(H,14,15)(H2,11,16,17). The lowest BCUT2D eigenvalue weighted by Crippen LogP contribution is -2.14. The van der Waals surface area contributed by atoms with Gasteiger partial charge in [-0.3, -0.25) is 4.79 Å². The van der Waals surface area contributed by atoms with Crippen LogP contribution < -0.4 is 10.5 Å². The number of nitrogens with zero attached hydrogens (tertiary/aromatic N) is 1. The molecule has 0 bridgehead atoms. The molecule has 18 heavy (non-hydrogen) atoms. The van der Waals surface area contributed by atoms with E-state index in [0.29, 0.717) is 5.69 Å². The highest BCUT2D eigenvalue weighted by molar-refractivity contribution is 7.89. The Kier molecular flexibility index (Phi) is 3.13. The molecule has 1 heterocycles. The van der Waals surface area contributed by atoms with E-state index in [-0.39, 0.29) is 10.7 Å².